The first-order chi connectivity index (χ1) is 12.6. The lowest BCUT2D eigenvalue weighted by Gasteiger charge is -2.31. The van der Waals surface area contributed by atoms with Crippen LogP contribution in [0.1, 0.15) is 23.2 Å². The zero-order valence-corrected chi connectivity index (χ0v) is 14.7. The number of phenolic OH excluding ortho intramolecular Hbond substituents is 1. The maximum atomic E-state index is 12.9. The normalized spacial score (nSPS) is 27.8. The number of halogens is 1. The highest BCUT2D eigenvalue weighted by molar-refractivity contribution is 6.30. The molecule has 2 aromatic rings. The molecule has 0 radical (unpaired) electrons. The molecule has 2 aliphatic heterocycles. The average molecular weight is 374 g/mol. The standard InChI is InChI=1S/C19H20ClN3O3/c20-12-7-5-11(6-8-12)18-15-16(13-3-1-2-4-14(13)25)21-22-17(15)19(26)23(18)9-10-24/h1-8,15-18,21-22,24-25H,9-10H2. The maximum Gasteiger partial charge on any atom is 0.242 e. The Morgan fingerprint density at radius 3 is 2.42 bits per heavy atom. The number of aliphatic hydroxyl groups excluding tert-OH is 1. The van der Waals surface area contributed by atoms with E-state index in [1.165, 1.54) is 0 Å². The van der Waals surface area contributed by atoms with Crippen LogP contribution in [-0.4, -0.2) is 40.2 Å². The highest BCUT2D eigenvalue weighted by Gasteiger charge is 2.55. The van der Waals surface area contributed by atoms with Crippen LogP contribution < -0.4 is 10.9 Å². The molecule has 2 heterocycles. The van der Waals surface area contributed by atoms with E-state index in [0.717, 1.165) is 11.1 Å². The van der Waals surface area contributed by atoms with Crippen LogP contribution in [0.4, 0.5) is 0 Å². The molecule has 4 atom stereocenters. The number of benzene rings is 2. The number of β-amino-alcohol motifs (C(OH)–C–C–N with tert-alkyl or cyclic N) is 1. The van der Waals surface area contributed by atoms with Gasteiger partial charge in [0.1, 0.15) is 11.8 Å². The van der Waals surface area contributed by atoms with Gasteiger partial charge in [0.15, 0.2) is 0 Å². The van der Waals surface area contributed by atoms with Gasteiger partial charge in [-0.2, -0.15) is 0 Å². The quantitative estimate of drug-likeness (QED) is 0.656. The second-order valence-corrected chi connectivity index (χ2v) is 7.07. The predicted molar refractivity (Wildman–Crippen MR) is 97.4 cm³/mol. The number of hydrazine groups is 1. The fraction of sp³-hybridized carbons (Fsp3) is 0.316. The topological polar surface area (TPSA) is 84.8 Å². The molecule has 1 amide bonds. The molecule has 0 spiro atoms. The van der Waals surface area contributed by atoms with E-state index in [-0.39, 0.29) is 42.8 Å². The molecule has 0 aromatic heterocycles. The number of phenols is 1. The van der Waals surface area contributed by atoms with Crippen LogP contribution >= 0.6 is 11.6 Å². The van der Waals surface area contributed by atoms with Gasteiger partial charge < -0.3 is 15.1 Å². The molecule has 0 bridgehead atoms. The lowest BCUT2D eigenvalue weighted by Crippen LogP contribution is -2.42. The number of aromatic hydroxyl groups is 1. The minimum atomic E-state index is -0.424. The molecule has 26 heavy (non-hydrogen) atoms. The minimum Gasteiger partial charge on any atom is -0.508 e. The van der Waals surface area contributed by atoms with Crippen molar-refractivity contribution in [1.29, 1.82) is 0 Å². The first-order valence-corrected chi connectivity index (χ1v) is 8.95. The Balaban J connectivity index is 1.78. The second-order valence-electron chi connectivity index (χ2n) is 6.63. The Morgan fingerprint density at radius 2 is 1.73 bits per heavy atom. The number of nitrogens with one attached hydrogen (secondary N) is 2. The summed E-state index contributed by atoms with van der Waals surface area (Å²) >= 11 is 6.02. The summed E-state index contributed by atoms with van der Waals surface area (Å²) in [5.74, 6) is -0.00619. The molecular formula is C19H20ClN3O3. The Morgan fingerprint density at radius 1 is 1.04 bits per heavy atom. The third-order valence-corrected chi connectivity index (χ3v) is 5.49. The molecule has 0 saturated carbocycles. The Kier molecular flexibility index (Phi) is 4.58. The van der Waals surface area contributed by atoms with E-state index in [2.05, 4.69) is 10.9 Å². The number of carbonyl (C=O) groups is 1. The van der Waals surface area contributed by atoms with Gasteiger partial charge in [-0.05, 0) is 23.8 Å². The van der Waals surface area contributed by atoms with Gasteiger partial charge in [-0.25, -0.2) is 10.9 Å². The Labute approximate surface area is 156 Å². The molecule has 4 N–H and O–H groups in total. The summed E-state index contributed by atoms with van der Waals surface area (Å²) in [5.41, 5.74) is 7.95. The molecule has 7 heteroatoms. The summed E-state index contributed by atoms with van der Waals surface area (Å²) in [5, 5.41) is 20.4. The van der Waals surface area contributed by atoms with Gasteiger partial charge in [0.05, 0.1) is 18.7 Å². The summed E-state index contributed by atoms with van der Waals surface area (Å²) in [6, 6.07) is 13.7. The van der Waals surface area contributed by atoms with Gasteiger partial charge in [0, 0.05) is 23.0 Å². The predicted octanol–water partition coefficient (Wildman–Crippen LogP) is 1.76. The smallest absolute Gasteiger partial charge is 0.242 e. The summed E-state index contributed by atoms with van der Waals surface area (Å²) in [6.07, 6.45) is 0. The molecular weight excluding hydrogens is 354 g/mol. The number of hydrogen-bond donors (Lipinski definition) is 4. The number of hydrogen-bond acceptors (Lipinski definition) is 5. The highest BCUT2D eigenvalue weighted by atomic mass is 35.5. The van der Waals surface area contributed by atoms with Gasteiger partial charge in [0.25, 0.3) is 0 Å². The van der Waals surface area contributed by atoms with Gasteiger partial charge in [-0.15, -0.1) is 0 Å². The van der Waals surface area contributed by atoms with E-state index in [1.54, 1.807) is 29.2 Å². The van der Waals surface area contributed by atoms with Crippen molar-refractivity contribution < 1.29 is 15.0 Å². The Bertz CT molecular complexity index is 814. The SMILES string of the molecule is O=C1C2NNC(c3ccccc3O)C2C(c2ccc(Cl)cc2)N1CCO. The zero-order chi connectivity index (χ0) is 18.3. The monoisotopic (exact) mass is 373 g/mol. The highest BCUT2D eigenvalue weighted by Crippen LogP contribution is 2.48. The first kappa shape index (κ1) is 17.3. The lowest BCUT2D eigenvalue weighted by atomic mass is 9.83. The average Bonchev–Trinajstić information content (AvgIpc) is 3.17. The number of amides is 1. The van der Waals surface area contributed by atoms with Gasteiger partial charge >= 0.3 is 0 Å². The van der Waals surface area contributed by atoms with Crippen LogP contribution in [0.25, 0.3) is 0 Å². The fourth-order valence-electron chi connectivity index (χ4n) is 4.13. The van der Waals surface area contributed by atoms with E-state index in [1.807, 2.05) is 24.3 Å². The van der Waals surface area contributed by atoms with Crippen molar-refractivity contribution in [3.8, 4) is 5.75 Å². The van der Waals surface area contributed by atoms with Crippen molar-refractivity contribution >= 4 is 17.5 Å². The zero-order valence-electron chi connectivity index (χ0n) is 14.0. The molecule has 4 unspecified atom stereocenters. The number of rotatable bonds is 4. The molecule has 2 aromatic carbocycles. The van der Waals surface area contributed by atoms with Crippen LogP contribution in [0.15, 0.2) is 48.5 Å². The second kappa shape index (κ2) is 6.89. The van der Waals surface area contributed by atoms with Crippen molar-refractivity contribution in [2.75, 3.05) is 13.2 Å². The summed E-state index contributed by atoms with van der Waals surface area (Å²) < 4.78 is 0. The molecule has 136 valence electrons. The molecule has 2 fully saturated rings. The van der Waals surface area contributed by atoms with Crippen LogP contribution in [0.2, 0.25) is 5.02 Å². The minimum absolute atomic E-state index is 0.0607. The third kappa shape index (κ3) is 2.75. The Hall–Kier alpha value is -2.12. The molecule has 2 aliphatic rings. The van der Waals surface area contributed by atoms with Crippen LogP contribution in [0.3, 0.4) is 0 Å². The van der Waals surface area contributed by atoms with Gasteiger partial charge in [0.2, 0.25) is 5.91 Å². The van der Waals surface area contributed by atoms with Gasteiger partial charge in [-0.1, -0.05) is 41.9 Å². The number of para-hydroxylation sites is 1. The van der Waals surface area contributed by atoms with Crippen LogP contribution in [0.5, 0.6) is 5.75 Å². The van der Waals surface area contributed by atoms with Crippen molar-refractivity contribution in [1.82, 2.24) is 15.8 Å². The van der Waals surface area contributed by atoms with E-state index >= 15 is 0 Å². The fourth-order valence-corrected chi connectivity index (χ4v) is 4.26. The molecule has 0 aliphatic carbocycles. The van der Waals surface area contributed by atoms with Crippen molar-refractivity contribution in [2.24, 2.45) is 5.92 Å². The maximum absolute atomic E-state index is 12.9. The molecule has 4 rings (SSSR count). The largest absolute Gasteiger partial charge is 0.508 e. The molecule has 2 saturated heterocycles. The van der Waals surface area contributed by atoms with E-state index < -0.39 is 6.04 Å². The van der Waals surface area contributed by atoms with E-state index in [9.17, 15) is 15.0 Å². The number of aliphatic hydroxyl groups is 1. The van der Waals surface area contributed by atoms with Crippen molar-refractivity contribution in [3.05, 3.63) is 64.7 Å². The third-order valence-electron chi connectivity index (χ3n) is 5.24. The summed E-state index contributed by atoms with van der Waals surface area (Å²) in [7, 11) is 0. The van der Waals surface area contributed by atoms with Crippen molar-refractivity contribution in [2.45, 2.75) is 18.1 Å². The van der Waals surface area contributed by atoms with Crippen LogP contribution in [-0.2, 0) is 4.79 Å². The summed E-state index contributed by atoms with van der Waals surface area (Å²) in [6.45, 7) is 0.151. The number of likely N-dealkylation sites (tertiary alicyclic amines) is 1. The van der Waals surface area contributed by atoms with Crippen molar-refractivity contribution in [3.63, 3.8) is 0 Å². The summed E-state index contributed by atoms with van der Waals surface area (Å²) in [4.78, 5) is 14.6. The van der Waals surface area contributed by atoms with E-state index in [0.29, 0.717) is 5.02 Å². The number of fused-ring (bicyclic) bond motifs is 1. The number of nitrogens with zero attached hydrogens (tertiary/aromatic N) is 1. The van der Waals surface area contributed by atoms with Gasteiger partial charge in [-0.3, -0.25) is 4.79 Å². The van der Waals surface area contributed by atoms with E-state index in [4.69, 9.17) is 11.6 Å². The first-order valence-electron chi connectivity index (χ1n) is 8.57. The number of carbonyl (C=O) groups excluding carboxylic acids is 1. The van der Waals surface area contributed by atoms with Crippen LogP contribution in [0, 0.1) is 5.92 Å². The molecule has 6 nitrogen and oxygen atoms in total. The lowest BCUT2D eigenvalue weighted by molar-refractivity contribution is -0.131.